The second-order valence-electron chi connectivity index (χ2n) is 4.23. The molecule has 92 valence electrons. The number of Topliss-reactive ketones (excluding diaryl/α,β-unsaturated/α-hetero) is 1. The van der Waals surface area contributed by atoms with Crippen LogP contribution in [-0.2, 0) is 14.8 Å². The average molecular weight is 248 g/mol. The summed E-state index contributed by atoms with van der Waals surface area (Å²) in [6.07, 6.45) is 0. The molecule has 0 amide bonds. The minimum Gasteiger partial charge on any atom is -0.298 e. The van der Waals surface area contributed by atoms with Crippen LogP contribution < -0.4 is 0 Å². The first kappa shape index (κ1) is 14.9. The molecular weight excluding hydrogens is 232 g/mol. The zero-order valence-electron chi connectivity index (χ0n) is 9.84. The van der Waals surface area contributed by atoms with Crippen LogP contribution in [0, 0.1) is 5.41 Å². The minimum absolute atomic E-state index is 0.0503. The summed E-state index contributed by atoms with van der Waals surface area (Å²) in [6.45, 7) is 3.05. The van der Waals surface area contributed by atoms with Crippen LogP contribution in [-0.4, -0.2) is 44.9 Å². The van der Waals surface area contributed by atoms with E-state index in [0.29, 0.717) is 0 Å². The largest absolute Gasteiger partial charge is 0.298 e. The van der Waals surface area contributed by atoms with Crippen molar-refractivity contribution in [2.24, 2.45) is 10.5 Å². The summed E-state index contributed by atoms with van der Waals surface area (Å²) in [5, 5.41) is 3.29. The van der Waals surface area contributed by atoms with E-state index in [0.717, 1.165) is 4.31 Å². The fourth-order valence-corrected chi connectivity index (χ4v) is 1.77. The van der Waals surface area contributed by atoms with Gasteiger partial charge in [-0.3, -0.25) is 4.79 Å². The predicted molar refractivity (Wildman–Crippen MR) is 60.3 cm³/mol. The van der Waals surface area contributed by atoms with E-state index in [-0.39, 0.29) is 6.54 Å². The summed E-state index contributed by atoms with van der Waals surface area (Å²) >= 11 is 0. The number of hydrogen-bond donors (Lipinski definition) is 0. The van der Waals surface area contributed by atoms with Crippen molar-refractivity contribution in [1.82, 2.24) is 4.31 Å². The summed E-state index contributed by atoms with van der Waals surface area (Å²) in [4.78, 5) is 14.2. The highest BCUT2D eigenvalue weighted by molar-refractivity contribution is 7.89. The first-order valence-corrected chi connectivity index (χ1v) is 6.19. The molecule has 0 bridgehead atoms. The summed E-state index contributed by atoms with van der Waals surface area (Å²) in [5.74, 6) is -1.04. The third-order valence-electron chi connectivity index (χ3n) is 2.15. The van der Waals surface area contributed by atoms with Crippen LogP contribution in [0.1, 0.15) is 13.8 Å². The van der Waals surface area contributed by atoms with Gasteiger partial charge >= 0.3 is 0 Å². The first-order valence-electron chi connectivity index (χ1n) is 4.58. The Labute approximate surface area is 95.1 Å². The number of sulfonamides is 1. The molecule has 0 heterocycles. The van der Waals surface area contributed by atoms with Gasteiger partial charge in [0.05, 0.1) is 0 Å². The molecule has 16 heavy (non-hydrogen) atoms. The zero-order chi connectivity index (χ0) is 13.0. The number of hydrogen-bond acceptors (Lipinski definition) is 4. The van der Waals surface area contributed by atoms with Gasteiger partial charge in [0.1, 0.15) is 5.75 Å². The summed E-state index contributed by atoms with van der Waals surface area (Å²) < 4.78 is 23.9. The molecule has 0 atom stereocenters. The van der Waals surface area contributed by atoms with Gasteiger partial charge < -0.3 is 0 Å². The summed E-state index contributed by atoms with van der Waals surface area (Å²) in [6, 6.07) is 0. The molecule has 0 aromatic carbocycles. The molecule has 0 saturated heterocycles. The van der Waals surface area contributed by atoms with Crippen LogP contribution >= 0.6 is 0 Å². The molecule has 0 aliphatic carbocycles. The summed E-state index contributed by atoms with van der Waals surface area (Å²) in [5.41, 5.74) is 7.19. The summed E-state index contributed by atoms with van der Waals surface area (Å²) in [7, 11) is -0.828. The Morgan fingerprint density at radius 2 is 1.94 bits per heavy atom. The lowest BCUT2D eigenvalue weighted by molar-refractivity contribution is -0.124. The van der Waals surface area contributed by atoms with Crippen molar-refractivity contribution < 1.29 is 13.2 Å². The van der Waals surface area contributed by atoms with E-state index in [1.54, 1.807) is 13.8 Å². The fraction of sp³-hybridized carbons (Fsp3) is 0.875. The van der Waals surface area contributed by atoms with Gasteiger partial charge in [-0.25, -0.2) is 12.7 Å². The van der Waals surface area contributed by atoms with Crippen molar-refractivity contribution in [2.45, 2.75) is 13.8 Å². The molecular formula is C8H16N4O3S. The van der Waals surface area contributed by atoms with Gasteiger partial charge in [-0.15, -0.1) is 0 Å². The van der Waals surface area contributed by atoms with Crippen molar-refractivity contribution in [3.05, 3.63) is 10.4 Å². The van der Waals surface area contributed by atoms with Gasteiger partial charge in [0.25, 0.3) is 0 Å². The first-order chi connectivity index (χ1) is 7.13. The lowest BCUT2D eigenvalue weighted by Crippen LogP contribution is -2.37. The zero-order valence-corrected chi connectivity index (χ0v) is 10.7. The van der Waals surface area contributed by atoms with Crippen LogP contribution in [0.2, 0.25) is 0 Å². The van der Waals surface area contributed by atoms with Crippen LogP contribution in [0.4, 0.5) is 0 Å². The Kier molecular flexibility index (Phi) is 4.92. The smallest absolute Gasteiger partial charge is 0.220 e. The van der Waals surface area contributed by atoms with E-state index >= 15 is 0 Å². The fourth-order valence-electron chi connectivity index (χ4n) is 0.787. The standard InChI is InChI=1S/C8H16N4O3S/c1-8(2,6-10-11-9)7(13)5-16(14,15)12(3)4/h5-6H2,1-4H3. The Hall–Kier alpha value is -1.11. The van der Waals surface area contributed by atoms with Gasteiger partial charge in [-0.05, 0) is 5.53 Å². The van der Waals surface area contributed by atoms with Crippen molar-refractivity contribution in [3.63, 3.8) is 0 Å². The second kappa shape index (κ2) is 5.29. The van der Waals surface area contributed by atoms with Gasteiger partial charge in [-0.2, -0.15) is 0 Å². The van der Waals surface area contributed by atoms with E-state index in [2.05, 4.69) is 10.0 Å². The molecule has 0 aliphatic heterocycles. The molecule has 0 radical (unpaired) electrons. The molecule has 0 aromatic rings. The molecule has 0 rings (SSSR count). The Bertz CT molecular complexity index is 407. The second-order valence-corrected chi connectivity index (χ2v) is 6.42. The lowest BCUT2D eigenvalue weighted by Gasteiger charge is -2.21. The maximum atomic E-state index is 11.7. The molecule has 0 aromatic heterocycles. The molecule has 0 aliphatic rings. The monoisotopic (exact) mass is 248 g/mol. The number of ketones is 1. The predicted octanol–water partition coefficient (Wildman–Crippen LogP) is 0.783. The molecule has 0 spiro atoms. The van der Waals surface area contributed by atoms with Crippen molar-refractivity contribution >= 4 is 15.8 Å². The third-order valence-corrected chi connectivity index (χ3v) is 3.89. The maximum Gasteiger partial charge on any atom is 0.220 e. The quantitative estimate of drug-likeness (QED) is 0.394. The highest BCUT2D eigenvalue weighted by Gasteiger charge is 2.31. The van der Waals surface area contributed by atoms with E-state index in [1.165, 1.54) is 14.1 Å². The van der Waals surface area contributed by atoms with Gasteiger partial charge in [0.15, 0.2) is 5.78 Å². The van der Waals surface area contributed by atoms with Crippen molar-refractivity contribution in [3.8, 4) is 0 Å². The van der Waals surface area contributed by atoms with Gasteiger partial charge in [0.2, 0.25) is 10.0 Å². The lowest BCUT2D eigenvalue weighted by atomic mass is 9.89. The van der Waals surface area contributed by atoms with E-state index in [9.17, 15) is 13.2 Å². The number of nitrogens with zero attached hydrogens (tertiary/aromatic N) is 4. The topological polar surface area (TPSA) is 103 Å². The Morgan fingerprint density at radius 3 is 2.31 bits per heavy atom. The molecule has 0 fully saturated rings. The number of azide groups is 1. The minimum atomic E-state index is -3.56. The SMILES string of the molecule is CN(C)S(=O)(=O)CC(=O)C(C)(C)CN=[N+]=[N-]. The third kappa shape index (κ3) is 4.18. The molecule has 0 N–H and O–H groups in total. The molecule has 0 unspecified atom stereocenters. The highest BCUT2D eigenvalue weighted by Crippen LogP contribution is 2.18. The molecule has 0 saturated carbocycles. The van der Waals surface area contributed by atoms with E-state index in [4.69, 9.17) is 5.53 Å². The van der Waals surface area contributed by atoms with Crippen LogP contribution in [0.15, 0.2) is 5.11 Å². The van der Waals surface area contributed by atoms with Crippen LogP contribution in [0.25, 0.3) is 10.4 Å². The van der Waals surface area contributed by atoms with Crippen molar-refractivity contribution in [1.29, 1.82) is 0 Å². The maximum absolute atomic E-state index is 11.7. The Balaban J connectivity index is 4.77. The number of carbonyl (C=O) groups is 1. The molecule has 8 heteroatoms. The van der Waals surface area contributed by atoms with Crippen molar-refractivity contribution in [2.75, 3.05) is 26.4 Å². The number of rotatable bonds is 6. The van der Waals surface area contributed by atoms with Gasteiger partial charge in [0, 0.05) is 31.0 Å². The Morgan fingerprint density at radius 1 is 1.44 bits per heavy atom. The molecule has 7 nitrogen and oxygen atoms in total. The van der Waals surface area contributed by atoms with Crippen LogP contribution in [0.5, 0.6) is 0 Å². The van der Waals surface area contributed by atoms with E-state index in [1.807, 2.05) is 0 Å². The van der Waals surface area contributed by atoms with E-state index < -0.39 is 27.0 Å². The number of carbonyl (C=O) groups excluding carboxylic acids is 1. The normalized spacial score (nSPS) is 12.3. The average Bonchev–Trinajstić information content (AvgIpc) is 2.13. The highest BCUT2D eigenvalue weighted by atomic mass is 32.2. The van der Waals surface area contributed by atoms with Crippen LogP contribution in [0.3, 0.4) is 0 Å². The van der Waals surface area contributed by atoms with Gasteiger partial charge in [-0.1, -0.05) is 19.0 Å².